The molecule has 0 aromatic heterocycles. The smallest absolute Gasteiger partial charge is 0.0164 e. The highest BCUT2D eigenvalue weighted by atomic mass is 32.2. The van der Waals surface area contributed by atoms with Gasteiger partial charge in [-0.05, 0) is 12.1 Å². The molecule has 1 aliphatic carbocycles. The topological polar surface area (TPSA) is 0 Å². The first-order valence-electron chi connectivity index (χ1n) is 4.93. The van der Waals surface area contributed by atoms with Crippen molar-refractivity contribution in [1.82, 2.24) is 0 Å². The van der Waals surface area contributed by atoms with Crippen molar-refractivity contribution in [3.63, 3.8) is 0 Å². The van der Waals surface area contributed by atoms with Crippen LogP contribution in [-0.2, 0) is 0 Å². The zero-order chi connectivity index (χ0) is 9.80. The Kier molecular flexibility index (Phi) is 3.10. The molecule has 0 saturated heterocycles. The van der Waals surface area contributed by atoms with Crippen LogP contribution in [0.3, 0.4) is 0 Å². The van der Waals surface area contributed by atoms with Crippen LogP contribution in [-0.4, -0.2) is 5.25 Å². The average Bonchev–Trinajstić information content (AvgIpc) is 2.72. The summed E-state index contributed by atoms with van der Waals surface area (Å²) in [5.74, 6) is 0.597. The SMILES string of the molecule is CC(Sc1ccccc1)C1C=CC=C1. The van der Waals surface area contributed by atoms with E-state index in [1.165, 1.54) is 4.90 Å². The molecular formula is C13H14S. The molecule has 0 nitrogen and oxygen atoms in total. The lowest BCUT2D eigenvalue weighted by molar-refractivity contribution is 0.804. The Labute approximate surface area is 89.7 Å². The number of thioether (sulfide) groups is 1. The van der Waals surface area contributed by atoms with Gasteiger partial charge in [0.1, 0.15) is 0 Å². The molecule has 1 atom stereocenters. The molecule has 1 aromatic rings. The number of hydrogen-bond acceptors (Lipinski definition) is 1. The van der Waals surface area contributed by atoms with Crippen LogP contribution in [0.4, 0.5) is 0 Å². The molecular weight excluding hydrogens is 188 g/mol. The molecule has 0 heterocycles. The average molecular weight is 202 g/mol. The lowest BCUT2D eigenvalue weighted by Crippen LogP contribution is -2.06. The molecule has 14 heavy (non-hydrogen) atoms. The molecule has 0 bridgehead atoms. The second kappa shape index (κ2) is 4.52. The molecule has 72 valence electrons. The van der Waals surface area contributed by atoms with E-state index in [4.69, 9.17) is 0 Å². The summed E-state index contributed by atoms with van der Waals surface area (Å²) in [5, 5.41) is 0.618. The molecule has 0 aliphatic heterocycles. The van der Waals surface area contributed by atoms with Crippen LogP contribution in [0.1, 0.15) is 6.92 Å². The Balaban J connectivity index is 1.98. The zero-order valence-corrected chi connectivity index (χ0v) is 9.08. The number of hydrogen-bond donors (Lipinski definition) is 0. The van der Waals surface area contributed by atoms with Crippen LogP contribution >= 0.6 is 11.8 Å². The van der Waals surface area contributed by atoms with Crippen molar-refractivity contribution in [1.29, 1.82) is 0 Å². The van der Waals surface area contributed by atoms with Crippen molar-refractivity contribution in [2.45, 2.75) is 17.1 Å². The van der Waals surface area contributed by atoms with E-state index in [1.54, 1.807) is 0 Å². The summed E-state index contributed by atoms with van der Waals surface area (Å²) in [6, 6.07) is 10.6. The first-order valence-corrected chi connectivity index (χ1v) is 5.81. The van der Waals surface area contributed by atoms with Crippen molar-refractivity contribution < 1.29 is 0 Å². The predicted molar refractivity (Wildman–Crippen MR) is 63.5 cm³/mol. The highest BCUT2D eigenvalue weighted by molar-refractivity contribution is 8.00. The van der Waals surface area contributed by atoms with Gasteiger partial charge in [0.2, 0.25) is 0 Å². The molecule has 0 saturated carbocycles. The number of rotatable bonds is 3. The van der Waals surface area contributed by atoms with Gasteiger partial charge in [0.05, 0.1) is 0 Å². The molecule has 1 aliphatic rings. The van der Waals surface area contributed by atoms with Gasteiger partial charge in [-0.3, -0.25) is 0 Å². The first-order chi connectivity index (χ1) is 6.86. The summed E-state index contributed by atoms with van der Waals surface area (Å²) in [7, 11) is 0. The Morgan fingerprint density at radius 2 is 1.71 bits per heavy atom. The van der Waals surface area contributed by atoms with Crippen molar-refractivity contribution in [3.05, 3.63) is 54.6 Å². The zero-order valence-electron chi connectivity index (χ0n) is 8.26. The van der Waals surface area contributed by atoms with Gasteiger partial charge >= 0.3 is 0 Å². The maximum atomic E-state index is 2.28. The molecule has 0 fully saturated rings. The summed E-state index contributed by atoms with van der Waals surface area (Å²) in [6.07, 6.45) is 8.79. The van der Waals surface area contributed by atoms with Gasteiger partial charge in [-0.1, -0.05) is 49.4 Å². The molecule has 0 spiro atoms. The predicted octanol–water partition coefficient (Wildman–Crippen LogP) is 3.91. The second-order valence-corrected chi connectivity index (χ2v) is 4.93. The van der Waals surface area contributed by atoms with E-state index in [2.05, 4.69) is 61.6 Å². The van der Waals surface area contributed by atoms with E-state index < -0.39 is 0 Å². The summed E-state index contributed by atoms with van der Waals surface area (Å²) < 4.78 is 0. The molecule has 0 N–H and O–H groups in total. The summed E-state index contributed by atoms with van der Waals surface area (Å²) >= 11 is 1.94. The fourth-order valence-electron chi connectivity index (χ4n) is 1.55. The van der Waals surface area contributed by atoms with E-state index in [9.17, 15) is 0 Å². The van der Waals surface area contributed by atoms with E-state index in [0.29, 0.717) is 11.2 Å². The lowest BCUT2D eigenvalue weighted by Gasteiger charge is -2.15. The van der Waals surface area contributed by atoms with E-state index in [1.807, 2.05) is 11.8 Å². The Hall–Kier alpha value is -0.950. The Morgan fingerprint density at radius 1 is 1.07 bits per heavy atom. The second-order valence-electron chi connectivity index (χ2n) is 3.48. The number of allylic oxidation sites excluding steroid dienone is 4. The van der Waals surface area contributed by atoms with Crippen LogP contribution in [0.5, 0.6) is 0 Å². The highest BCUT2D eigenvalue weighted by Gasteiger charge is 2.14. The third-order valence-electron chi connectivity index (χ3n) is 2.38. The van der Waals surface area contributed by atoms with Gasteiger partial charge in [-0.15, -0.1) is 11.8 Å². The Bertz CT molecular complexity index is 326. The first kappa shape index (κ1) is 9.60. The van der Waals surface area contributed by atoms with E-state index in [-0.39, 0.29) is 0 Å². The third kappa shape index (κ3) is 2.30. The largest absolute Gasteiger partial charge is 0.122 e. The Morgan fingerprint density at radius 3 is 2.36 bits per heavy atom. The minimum atomic E-state index is 0.597. The maximum absolute atomic E-state index is 2.28. The fourth-order valence-corrected chi connectivity index (χ4v) is 2.64. The minimum Gasteiger partial charge on any atom is -0.122 e. The normalized spacial score (nSPS) is 17.5. The molecule has 0 amide bonds. The van der Waals surface area contributed by atoms with Gasteiger partial charge < -0.3 is 0 Å². The summed E-state index contributed by atoms with van der Waals surface area (Å²) in [5.41, 5.74) is 0. The molecule has 1 aromatic carbocycles. The van der Waals surface area contributed by atoms with Gasteiger partial charge in [-0.2, -0.15) is 0 Å². The van der Waals surface area contributed by atoms with Crippen molar-refractivity contribution in [3.8, 4) is 0 Å². The van der Waals surface area contributed by atoms with E-state index in [0.717, 1.165) is 0 Å². The van der Waals surface area contributed by atoms with Crippen molar-refractivity contribution in [2.24, 2.45) is 5.92 Å². The monoisotopic (exact) mass is 202 g/mol. The molecule has 2 rings (SSSR count). The van der Waals surface area contributed by atoms with Gasteiger partial charge in [0.15, 0.2) is 0 Å². The molecule has 0 radical (unpaired) electrons. The maximum Gasteiger partial charge on any atom is 0.0164 e. The fraction of sp³-hybridized carbons (Fsp3) is 0.231. The summed E-state index contributed by atoms with van der Waals surface area (Å²) in [6.45, 7) is 2.28. The van der Waals surface area contributed by atoms with Crippen LogP contribution in [0.2, 0.25) is 0 Å². The summed E-state index contributed by atoms with van der Waals surface area (Å²) in [4.78, 5) is 1.36. The van der Waals surface area contributed by atoms with Gasteiger partial charge in [0, 0.05) is 16.1 Å². The highest BCUT2D eigenvalue weighted by Crippen LogP contribution is 2.30. The molecule has 1 unspecified atom stereocenters. The van der Waals surface area contributed by atoms with E-state index >= 15 is 0 Å². The minimum absolute atomic E-state index is 0.597. The van der Waals surface area contributed by atoms with Crippen LogP contribution in [0, 0.1) is 5.92 Å². The van der Waals surface area contributed by atoms with Gasteiger partial charge in [-0.25, -0.2) is 0 Å². The molecule has 1 heteroatoms. The van der Waals surface area contributed by atoms with Crippen molar-refractivity contribution >= 4 is 11.8 Å². The third-order valence-corrected chi connectivity index (χ3v) is 3.62. The van der Waals surface area contributed by atoms with Crippen molar-refractivity contribution in [2.75, 3.05) is 0 Å². The van der Waals surface area contributed by atoms with Crippen LogP contribution < -0.4 is 0 Å². The quantitative estimate of drug-likeness (QED) is 0.670. The van der Waals surface area contributed by atoms with Crippen LogP contribution in [0.15, 0.2) is 59.5 Å². The number of benzene rings is 1. The lowest BCUT2D eigenvalue weighted by atomic mass is 10.1. The van der Waals surface area contributed by atoms with Gasteiger partial charge in [0.25, 0.3) is 0 Å². The standard InChI is InChI=1S/C13H14S/c1-11(12-7-5-6-8-12)14-13-9-3-2-4-10-13/h2-12H,1H3. The van der Waals surface area contributed by atoms with Crippen LogP contribution in [0.25, 0.3) is 0 Å².